The van der Waals surface area contributed by atoms with Crippen molar-refractivity contribution in [3.8, 4) is 22.4 Å². The molecule has 3 aromatic heterocycles. The second-order valence-corrected chi connectivity index (χ2v) is 11.2. The molecule has 9 heteroatoms. The van der Waals surface area contributed by atoms with E-state index in [1.165, 1.54) is 11.4 Å². The van der Waals surface area contributed by atoms with Gasteiger partial charge in [0.2, 0.25) is 0 Å². The van der Waals surface area contributed by atoms with Crippen LogP contribution in [0.4, 0.5) is 5.82 Å². The number of carbonyl (C=O) groups excluding carboxylic acids is 2. The van der Waals surface area contributed by atoms with Crippen molar-refractivity contribution in [1.82, 2.24) is 24.5 Å². The molecule has 198 valence electrons. The number of carbonyl (C=O) groups is 2. The second kappa shape index (κ2) is 8.71. The number of amides is 1. The molecule has 3 atom stereocenters. The molecule has 1 saturated carbocycles. The molecule has 5 heterocycles. The molecular formula is C30H30N6O3. The van der Waals surface area contributed by atoms with Gasteiger partial charge in [-0.25, -0.2) is 4.98 Å². The zero-order chi connectivity index (χ0) is 26.9. The van der Waals surface area contributed by atoms with E-state index in [-0.39, 0.29) is 35.5 Å². The Kier molecular flexibility index (Phi) is 5.35. The van der Waals surface area contributed by atoms with E-state index in [0.29, 0.717) is 42.6 Å². The maximum absolute atomic E-state index is 13.0. The van der Waals surface area contributed by atoms with Crippen LogP contribution >= 0.6 is 0 Å². The summed E-state index contributed by atoms with van der Waals surface area (Å²) in [6.07, 6.45) is 7.78. The number of pyridine rings is 1. The Morgan fingerprint density at radius 3 is 2.33 bits per heavy atom. The summed E-state index contributed by atoms with van der Waals surface area (Å²) in [7, 11) is 0. The molecule has 2 saturated heterocycles. The number of rotatable bonds is 5. The van der Waals surface area contributed by atoms with Crippen molar-refractivity contribution < 1.29 is 14.7 Å². The summed E-state index contributed by atoms with van der Waals surface area (Å²) in [4.78, 5) is 37.5. The molecule has 2 unspecified atom stereocenters. The average molecular weight is 523 g/mol. The summed E-state index contributed by atoms with van der Waals surface area (Å²) in [5, 5.41) is 15.0. The lowest BCUT2D eigenvalue weighted by Crippen LogP contribution is -2.51. The lowest BCUT2D eigenvalue weighted by atomic mass is 9.85. The van der Waals surface area contributed by atoms with E-state index in [9.17, 15) is 14.7 Å². The van der Waals surface area contributed by atoms with Gasteiger partial charge < -0.3 is 15.7 Å². The van der Waals surface area contributed by atoms with E-state index < -0.39 is 5.60 Å². The van der Waals surface area contributed by atoms with Gasteiger partial charge in [-0.2, -0.15) is 9.61 Å². The molecule has 39 heavy (non-hydrogen) atoms. The minimum atomic E-state index is -1.17. The Balaban J connectivity index is 1.26. The Morgan fingerprint density at radius 2 is 1.72 bits per heavy atom. The van der Waals surface area contributed by atoms with E-state index in [1.807, 2.05) is 53.6 Å². The van der Waals surface area contributed by atoms with Crippen LogP contribution in [-0.2, 0) is 4.79 Å². The van der Waals surface area contributed by atoms with Crippen LogP contribution in [0.15, 0.2) is 54.9 Å². The zero-order valence-corrected chi connectivity index (χ0v) is 21.7. The summed E-state index contributed by atoms with van der Waals surface area (Å²) in [5.41, 5.74) is 10.6. The first kappa shape index (κ1) is 24.0. The molecule has 2 aliphatic heterocycles. The lowest BCUT2D eigenvalue weighted by molar-refractivity contribution is -0.147. The fourth-order valence-corrected chi connectivity index (χ4v) is 6.53. The average Bonchev–Trinajstić information content (AvgIpc) is 3.46. The first-order valence-electron chi connectivity index (χ1n) is 13.6. The van der Waals surface area contributed by atoms with Gasteiger partial charge in [-0.1, -0.05) is 36.4 Å². The summed E-state index contributed by atoms with van der Waals surface area (Å²) in [6.45, 7) is 1.51. The second-order valence-electron chi connectivity index (χ2n) is 11.2. The number of Topliss-reactive ketones (excluding diaryl/α,β-unsaturated/α-hetero) is 1. The molecule has 0 spiro atoms. The van der Waals surface area contributed by atoms with Gasteiger partial charge in [-0.15, -0.1) is 0 Å². The van der Waals surface area contributed by atoms with Crippen molar-refractivity contribution in [2.75, 3.05) is 5.73 Å². The predicted molar refractivity (Wildman–Crippen MR) is 146 cm³/mol. The quantitative estimate of drug-likeness (QED) is 0.379. The number of anilines is 1. The molecule has 1 aromatic carbocycles. The molecule has 1 amide bonds. The third-order valence-electron chi connectivity index (χ3n) is 8.68. The first-order chi connectivity index (χ1) is 18.8. The van der Waals surface area contributed by atoms with Gasteiger partial charge in [0.05, 0.1) is 23.1 Å². The van der Waals surface area contributed by atoms with Crippen molar-refractivity contribution in [3.63, 3.8) is 0 Å². The number of fused-ring (bicyclic) bond motifs is 3. The third-order valence-corrected chi connectivity index (χ3v) is 8.68. The SMILES string of the molecule is CC(=O)c1c(C2CC3CC[C@H](C2)N3C(=O)C2(O)CC2)nc2c(-c3ccc(-c4ccccc4)nc3)cnn2c1N. The van der Waals surface area contributed by atoms with Gasteiger partial charge in [0.1, 0.15) is 11.4 Å². The van der Waals surface area contributed by atoms with E-state index in [0.717, 1.165) is 35.2 Å². The molecule has 3 fully saturated rings. The lowest BCUT2D eigenvalue weighted by Gasteiger charge is -2.40. The van der Waals surface area contributed by atoms with Crippen molar-refractivity contribution in [3.05, 3.63) is 66.1 Å². The molecule has 2 bridgehead atoms. The van der Waals surface area contributed by atoms with Crippen LogP contribution in [0.3, 0.4) is 0 Å². The van der Waals surface area contributed by atoms with Gasteiger partial charge in [0, 0.05) is 40.9 Å². The van der Waals surface area contributed by atoms with Crippen LogP contribution in [0.1, 0.15) is 67.4 Å². The topological polar surface area (TPSA) is 127 Å². The molecule has 7 rings (SSSR count). The van der Waals surface area contributed by atoms with E-state index >= 15 is 0 Å². The molecule has 9 nitrogen and oxygen atoms in total. The van der Waals surface area contributed by atoms with Gasteiger partial charge in [-0.05, 0) is 51.5 Å². The number of benzene rings is 1. The summed E-state index contributed by atoms with van der Waals surface area (Å²) in [5.74, 6) is -0.0256. The number of nitrogen functional groups attached to an aromatic ring is 1. The maximum atomic E-state index is 13.0. The number of aromatic nitrogens is 4. The molecule has 3 N–H and O–H groups in total. The highest BCUT2D eigenvalue weighted by molar-refractivity contribution is 6.00. The van der Waals surface area contributed by atoms with Gasteiger partial charge in [-0.3, -0.25) is 14.6 Å². The van der Waals surface area contributed by atoms with E-state index in [2.05, 4.69) is 10.1 Å². The largest absolute Gasteiger partial charge is 0.383 e. The molecule has 0 radical (unpaired) electrons. The van der Waals surface area contributed by atoms with Crippen molar-refractivity contribution >= 4 is 23.2 Å². The van der Waals surface area contributed by atoms with Crippen LogP contribution in [0.2, 0.25) is 0 Å². The van der Waals surface area contributed by atoms with E-state index in [4.69, 9.17) is 10.7 Å². The minimum Gasteiger partial charge on any atom is -0.383 e. The molecular weight excluding hydrogens is 492 g/mol. The molecule has 1 aliphatic carbocycles. The highest BCUT2D eigenvalue weighted by Gasteiger charge is 2.55. The van der Waals surface area contributed by atoms with Crippen LogP contribution in [0.25, 0.3) is 28.0 Å². The molecule has 4 aromatic rings. The normalized spacial score (nSPS) is 23.2. The Bertz CT molecular complexity index is 1600. The Hall–Kier alpha value is -4.11. The summed E-state index contributed by atoms with van der Waals surface area (Å²) >= 11 is 0. The van der Waals surface area contributed by atoms with E-state index in [1.54, 1.807) is 6.20 Å². The standard InChI is InChI=1S/C30H30N6O3/c1-17(37)25-26(20-13-21-8-9-22(14-20)35(21)29(38)30(39)11-12-30)34-28-23(16-33-36(28)27(25)31)19-7-10-24(32-15-19)18-5-3-2-4-6-18/h2-7,10,15-16,20-22,39H,8-9,11-14,31H2,1H3/t20?,21-,22?/m1/s1. The Labute approximate surface area is 225 Å². The number of hydrogen-bond acceptors (Lipinski definition) is 7. The number of hydrogen-bond donors (Lipinski definition) is 2. The summed E-state index contributed by atoms with van der Waals surface area (Å²) < 4.78 is 1.54. The van der Waals surface area contributed by atoms with Crippen LogP contribution in [0, 0.1) is 0 Å². The van der Waals surface area contributed by atoms with Gasteiger partial charge >= 0.3 is 0 Å². The summed E-state index contributed by atoms with van der Waals surface area (Å²) in [6, 6.07) is 14.0. The van der Waals surface area contributed by atoms with Crippen molar-refractivity contribution in [2.24, 2.45) is 0 Å². The van der Waals surface area contributed by atoms with Gasteiger partial charge in [0.25, 0.3) is 5.91 Å². The number of nitrogens with zero attached hydrogens (tertiary/aromatic N) is 5. The Morgan fingerprint density at radius 1 is 1.00 bits per heavy atom. The van der Waals surface area contributed by atoms with Crippen molar-refractivity contribution in [1.29, 1.82) is 0 Å². The number of aliphatic hydroxyl groups is 1. The monoisotopic (exact) mass is 522 g/mol. The number of ketones is 1. The molecule has 3 aliphatic rings. The number of piperidine rings is 1. The predicted octanol–water partition coefficient (Wildman–Crippen LogP) is 4.01. The van der Waals surface area contributed by atoms with Crippen molar-refractivity contribution in [2.45, 2.75) is 69.1 Å². The van der Waals surface area contributed by atoms with Crippen LogP contribution in [-0.4, -0.2) is 59.0 Å². The fraction of sp³-hybridized carbons (Fsp3) is 0.367. The smallest absolute Gasteiger partial charge is 0.255 e. The third kappa shape index (κ3) is 3.83. The zero-order valence-electron chi connectivity index (χ0n) is 21.7. The number of nitrogens with two attached hydrogens (primary N) is 1. The van der Waals surface area contributed by atoms with Gasteiger partial charge in [0.15, 0.2) is 11.4 Å². The fourth-order valence-electron chi connectivity index (χ4n) is 6.53. The highest BCUT2D eigenvalue weighted by atomic mass is 16.3. The highest BCUT2D eigenvalue weighted by Crippen LogP contribution is 2.48. The maximum Gasteiger partial charge on any atom is 0.255 e. The van der Waals surface area contributed by atoms with Crippen LogP contribution < -0.4 is 5.73 Å². The first-order valence-corrected chi connectivity index (χ1v) is 13.6. The van der Waals surface area contributed by atoms with Crippen LogP contribution in [0.5, 0.6) is 0 Å². The minimum absolute atomic E-state index is 0.0204.